The Morgan fingerprint density at radius 1 is 1.19 bits per heavy atom. The maximum atomic E-state index is 13.1. The lowest BCUT2D eigenvalue weighted by atomic mass is 9.94. The third kappa shape index (κ3) is 4.17. The van der Waals surface area contributed by atoms with Crippen molar-refractivity contribution in [1.29, 1.82) is 5.26 Å². The molecular formula is C23H18Cl2N2O4. The quantitative estimate of drug-likeness (QED) is 0.475. The van der Waals surface area contributed by atoms with Gasteiger partial charge in [-0.2, -0.15) is 5.26 Å². The van der Waals surface area contributed by atoms with Gasteiger partial charge in [-0.25, -0.2) is 0 Å². The number of nitrogens with zero attached hydrogens (tertiary/aromatic N) is 2. The Morgan fingerprint density at radius 2 is 2.00 bits per heavy atom. The van der Waals surface area contributed by atoms with Crippen LogP contribution in [-0.4, -0.2) is 36.0 Å². The molecule has 0 saturated carbocycles. The minimum Gasteiger partial charge on any atom is -0.457 e. The zero-order valence-electron chi connectivity index (χ0n) is 16.7. The molecule has 4 rings (SSSR count). The molecule has 0 spiro atoms. The van der Waals surface area contributed by atoms with Gasteiger partial charge in [0.05, 0.1) is 22.7 Å². The Bertz CT molecular complexity index is 1170. The number of carbonyl (C=O) groups excluding carboxylic acids is 2. The van der Waals surface area contributed by atoms with Crippen LogP contribution in [0, 0.1) is 11.3 Å². The number of imide groups is 1. The first-order valence-electron chi connectivity index (χ1n) is 9.75. The average molecular weight is 457 g/mol. The second kappa shape index (κ2) is 8.72. The highest BCUT2D eigenvalue weighted by Gasteiger charge is 2.37. The molecule has 2 aliphatic heterocycles. The van der Waals surface area contributed by atoms with E-state index in [2.05, 4.69) is 0 Å². The molecule has 1 saturated heterocycles. The van der Waals surface area contributed by atoms with Crippen molar-refractivity contribution < 1.29 is 18.7 Å². The Balaban J connectivity index is 1.68. The zero-order chi connectivity index (χ0) is 22.1. The van der Waals surface area contributed by atoms with E-state index in [4.69, 9.17) is 32.4 Å². The summed E-state index contributed by atoms with van der Waals surface area (Å²) in [4.78, 5) is 26.9. The van der Waals surface area contributed by atoms with Gasteiger partial charge in [-0.15, -0.1) is 0 Å². The summed E-state index contributed by atoms with van der Waals surface area (Å²) in [6, 6.07) is 10.5. The van der Waals surface area contributed by atoms with Gasteiger partial charge in [-0.1, -0.05) is 23.2 Å². The van der Waals surface area contributed by atoms with Crippen molar-refractivity contribution in [3.8, 4) is 17.4 Å². The third-order valence-corrected chi connectivity index (χ3v) is 6.09. The molecule has 8 heteroatoms. The molecule has 0 bridgehead atoms. The van der Waals surface area contributed by atoms with Crippen molar-refractivity contribution in [1.82, 2.24) is 4.90 Å². The standard InChI is InChI=1S/C23H18Cl2N2O4/c1-13-17(10-15-5-7-21(31-15)14-4-6-19(24)20(25)9-14)22(28)27(23(29)18(13)11-26)12-16-3-2-8-30-16/h4-7,9-10,16H,2-3,8,12H2,1H3/b17-10+. The molecular weight excluding hydrogens is 439 g/mol. The largest absolute Gasteiger partial charge is 0.457 e. The Hall–Kier alpha value is -2.85. The zero-order valence-corrected chi connectivity index (χ0v) is 18.2. The van der Waals surface area contributed by atoms with Crippen LogP contribution in [0.3, 0.4) is 0 Å². The fourth-order valence-corrected chi connectivity index (χ4v) is 3.96. The molecule has 1 fully saturated rings. The summed E-state index contributed by atoms with van der Waals surface area (Å²) in [6.45, 7) is 2.32. The summed E-state index contributed by atoms with van der Waals surface area (Å²) in [5.41, 5.74) is 1.24. The smallest absolute Gasteiger partial charge is 0.271 e. The maximum Gasteiger partial charge on any atom is 0.271 e. The lowest BCUT2D eigenvalue weighted by Gasteiger charge is -2.29. The molecule has 1 aromatic carbocycles. The van der Waals surface area contributed by atoms with E-state index in [1.165, 1.54) is 0 Å². The molecule has 1 atom stereocenters. The molecule has 1 unspecified atom stereocenters. The monoisotopic (exact) mass is 456 g/mol. The number of carbonyl (C=O) groups is 2. The molecule has 2 aromatic rings. The van der Waals surface area contributed by atoms with Crippen LogP contribution in [0.4, 0.5) is 0 Å². The van der Waals surface area contributed by atoms with Crippen LogP contribution >= 0.6 is 23.2 Å². The highest BCUT2D eigenvalue weighted by Crippen LogP contribution is 2.32. The fourth-order valence-electron chi connectivity index (χ4n) is 3.66. The van der Waals surface area contributed by atoms with Crippen molar-refractivity contribution in [2.24, 2.45) is 0 Å². The summed E-state index contributed by atoms with van der Waals surface area (Å²) in [5, 5.41) is 10.3. The maximum absolute atomic E-state index is 13.1. The van der Waals surface area contributed by atoms with Crippen LogP contribution in [-0.2, 0) is 14.3 Å². The highest BCUT2D eigenvalue weighted by molar-refractivity contribution is 6.42. The first-order chi connectivity index (χ1) is 14.9. The highest BCUT2D eigenvalue weighted by atomic mass is 35.5. The predicted octanol–water partition coefficient (Wildman–Crippen LogP) is 5.02. The van der Waals surface area contributed by atoms with E-state index in [-0.39, 0.29) is 23.8 Å². The fraction of sp³-hybridized carbons (Fsp3) is 0.261. The van der Waals surface area contributed by atoms with Gasteiger partial charge in [-0.05, 0) is 61.7 Å². The van der Waals surface area contributed by atoms with E-state index in [9.17, 15) is 14.9 Å². The molecule has 31 heavy (non-hydrogen) atoms. The van der Waals surface area contributed by atoms with Crippen molar-refractivity contribution in [2.75, 3.05) is 13.2 Å². The molecule has 1 aromatic heterocycles. The number of nitriles is 1. The normalized spacial score (nSPS) is 20.6. The van der Waals surface area contributed by atoms with Crippen LogP contribution in [0.25, 0.3) is 17.4 Å². The number of rotatable bonds is 4. The second-order valence-corrected chi connectivity index (χ2v) is 8.17. The topological polar surface area (TPSA) is 83.5 Å². The predicted molar refractivity (Wildman–Crippen MR) is 116 cm³/mol. The SMILES string of the molecule is CC1=C(C#N)C(=O)N(CC2CCCO2)C(=O)/C1=C/c1ccc(-c2ccc(Cl)c(Cl)c2)o1. The van der Waals surface area contributed by atoms with Gasteiger partial charge < -0.3 is 9.15 Å². The van der Waals surface area contributed by atoms with Crippen molar-refractivity contribution >= 4 is 41.1 Å². The lowest BCUT2D eigenvalue weighted by Crippen LogP contribution is -2.46. The molecule has 0 radical (unpaired) electrons. The summed E-state index contributed by atoms with van der Waals surface area (Å²) >= 11 is 12.0. The Labute approximate surface area is 189 Å². The van der Waals surface area contributed by atoms with Crippen molar-refractivity contribution in [3.05, 3.63) is 62.9 Å². The van der Waals surface area contributed by atoms with E-state index in [1.807, 2.05) is 6.07 Å². The minimum atomic E-state index is -0.589. The lowest BCUT2D eigenvalue weighted by molar-refractivity contribution is -0.142. The molecule has 158 valence electrons. The number of hydrogen-bond donors (Lipinski definition) is 0. The molecule has 2 amide bonds. The first-order valence-corrected chi connectivity index (χ1v) is 10.5. The first kappa shape index (κ1) is 21.4. The van der Waals surface area contributed by atoms with Crippen LogP contribution < -0.4 is 0 Å². The van der Waals surface area contributed by atoms with Crippen molar-refractivity contribution in [2.45, 2.75) is 25.9 Å². The minimum absolute atomic E-state index is 0.0555. The van der Waals surface area contributed by atoms with Crippen LogP contribution in [0.5, 0.6) is 0 Å². The number of benzene rings is 1. The number of amides is 2. The molecule has 0 aliphatic carbocycles. The van der Waals surface area contributed by atoms with Crippen LogP contribution in [0.2, 0.25) is 10.0 Å². The average Bonchev–Trinajstić information content (AvgIpc) is 3.43. The Kier molecular flexibility index (Phi) is 6.01. The van der Waals surface area contributed by atoms with E-state index in [0.717, 1.165) is 23.3 Å². The van der Waals surface area contributed by atoms with Crippen LogP contribution in [0.1, 0.15) is 25.5 Å². The van der Waals surface area contributed by atoms with Gasteiger partial charge in [-0.3, -0.25) is 14.5 Å². The molecule has 0 N–H and O–H groups in total. The van der Waals surface area contributed by atoms with E-state index >= 15 is 0 Å². The molecule has 3 heterocycles. The van der Waals surface area contributed by atoms with Gasteiger partial charge >= 0.3 is 0 Å². The number of hydrogen-bond acceptors (Lipinski definition) is 5. The van der Waals surface area contributed by atoms with E-state index in [0.29, 0.717) is 33.7 Å². The van der Waals surface area contributed by atoms with Gasteiger partial charge in [0.15, 0.2) is 0 Å². The summed E-state index contributed by atoms with van der Waals surface area (Å²) in [6.07, 6.45) is 2.99. The van der Waals surface area contributed by atoms with Gasteiger partial charge in [0.2, 0.25) is 0 Å². The number of ether oxygens (including phenoxy) is 1. The second-order valence-electron chi connectivity index (χ2n) is 7.36. The number of halogens is 2. The summed E-state index contributed by atoms with van der Waals surface area (Å²) in [5.74, 6) is -0.103. The van der Waals surface area contributed by atoms with Gasteiger partial charge in [0.1, 0.15) is 23.2 Å². The Morgan fingerprint density at radius 3 is 2.68 bits per heavy atom. The van der Waals surface area contributed by atoms with E-state index in [1.54, 1.807) is 43.3 Å². The van der Waals surface area contributed by atoms with E-state index < -0.39 is 11.8 Å². The molecule has 2 aliphatic rings. The third-order valence-electron chi connectivity index (χ3n) is 5.35. The number of furan rings is 1. The van der Waals surface area contributed by atoms with Crippen LogP contribution in [0.15, 0.2) is 51.5 Å². The molecule has 6 nitrogen and oxygen atoms in total. The van der Waals surface area contributed by atoms with Gasteiger partial charge in [0, 0.05) is 17.7 Å². The summed E-state index contributed by atoms with van der Waals surface area (Å²) in [7, 11) is 0. The van der Waals surface area contributed by atoms with Crippen molar-refractivity contribution in [3.63, 3.8) is 0 Å². The summed E-state index contributed by atoms with van der Waals surface area (Å²) < 4.78 is 11.4. The van der Waals surface area contributed by atoms with Gasteiger partial charge in [0.25, 0.3) is 11.8 Å².